The first kappa shape index (κ1) is 18.8. The quantitative estimate of drug-likeness (QED) is 0.486. The fourth-order valence-corrected chi connectivity index (χ4v) is 4.09. The number of carbonyl (C=O) groups excluding carboxylic acids is 2. The van der Waals surface area contributed by atoms with Crippen molar-refractivity contribution in [1.29, 1.82) is 0 Å². The molecule has 0 radical (unpaired) electrons. The van der Waals surface area contributed by atoms with Gasteiger partial charge < -0.3 is 13.7 Å². The van der Waals surface area contributed by atoms with Gasteiger partial charge in [-0.1, -0.05) is 29.5 Å². The van der Waals surface area contributed by atoms with E-state index in [0.29, 0.717) is 15.8 Å². The summed E-state index contributed by atoms with van der Waals surface area (Å²) in [4.78, 5) is 41.3. The molecule has 0 saturated carbocycles. The van der Waals surface area contributed by atoms with Crippen molar-refractivity contribution < 1.29 is 18.7 Å². The van der Waals surface area contributed by atoms with Crippen LogP contribution in [-0.2, 0) is 16.1 Å². The van der Waals surface area contributed by atoms with Crippen molar-refractivity contribution in [2.45, 2.75) is 13.5 Å². The predicted molar refractivity (Wildman–Crippen MR) is 109 cm³/mol. The number of methoxy groups -OCH3 is 1. The number of amides is 1. The maximum Gasteiger partial charge on any atom is 0.325 e. The highest BCUT2D eigenvalue weighted by Gasteiger charge is 2.15. The Labute approximate surface area is 168 Å². The summed E-state index contributed by atoms with van der Waals surface area (Å²) in [5.74, 6) is -1.32. The van der Waals surface area contributed by atoms with E-state index in [9.17, 15) is 14.4 Å². The Bertz CT molecular complexity index is 1390. The van der Waals surface area contributed by atoms with E-state index in [0.717, 1.165) is 21.8 Å². The van der Waals surface area contributed by atoms with Gasteiger partial charge >= 0.3 is 11.9 Å². The van der Waals surface area contributed by atoms with Gasteiger partial charge in [0.05, 0.1) is 22.7 Å². The van der Waals surface area contributed by atoms with Crippen LogP contribution in [0.1, 0.15) is 16.1 Å². The number of carbonyl (C=O) groups is 2. The van der Waals surface area contributed by atoms with E-state index in [-0.39, 0.29) is 17.7 Å². The lowest BCUT2D eigenvalue weighted by Gasteiger charge is -2.04. The van der Waals surface area contributed by atoms with Gasteiger partial charge in [0, 0.05) is 6.07 Å². The Morgan fingerprint density at radius 2 is 1.97 bits per heavy atom. The zero-order chi connectivity index (χ0) is 20.5. The molecule has 4 aromatic rings. The topological polar surface area (TPSA) is 90.9 Å². The maximum atomic E-state index is 12.7. The van der Waals surface area contributed by atoms with Crippen LogP contribution in [-0.4, -0.2) is 23.6 Å². The third-order valence-corrected chi connectivity index (χ3v) is 5.44. The summed E-state index contributed by atoms with van der Waals surface area (Å²) in [5.41, 5.74) is 1.80. The van der Waals surface area contributed by atoms with Crippen LogP contribution >= 0.6 is 11.3 Å². The third-order valence-electron chi connectivity index (χ3n) is 4.40. The SMILES string of the molecule is COC(=O)Cn1c(=NC(=O)c2cc(=O)c3ccccc3o2)sc2cc(C)ccc21. The summed E-state index contributed by atoms with van der Waals surface area (Å²) in [7, 11) is 1.30. The molecule has 0 aliphatic heterocycles. The third kappa shape index (κ3) is 3.62. The molecule has 0 bridgehead atoms. The molecule has 146 valence electrons. The van der Waals surface area contributed by atoms with Crippen molar-refractivity contribution in [1.82, 2.24) is 4.57 Å². The van der Waals surface area contributed by atoms with Gasteiger partial charge in [0.1, 0.15) is 12.1 Å². The molecule has 1 amide bonds. The molecule has 0 fully saturated rings. The minimum absolute atomic E-state index is 0.0899. The largest absolute Gasteiger partial charge is 0.468 e. The van der Waals surface area contributed by atoms with Gasteiger partial charge in [-0.25, -0.2) is 0 Å². The maximum absolute atomic E-state index is 12.7. The minimum Gasteiger partial charge on any atom is -0.468 e. The number of fused-ring (bicyclic) bond motifs is 2. The Morgan fingerprint density at radius 3 is 2.76 bits per heavy atom. The number of esters is 1. The van der Waals surface area contributed by atoms with Gasteiger partial charge in [0.15, 0.2) is 16.0 Å². The number of hydrogen-bond acceptors (Lipinski definition) is 6. The predicted octanol–water partition coefficient (Wildman–Crippen LogP) is 3.03. The number of aromatic nitrogens is 1. The summed E-state index contributed by atoms with van der Waals surface area (Å²) in [6.07, 6.45) is 0. The molecule has 0 aliphatic carbocycles. The lowest BCUT2D eigenvalue weighted by molar-refractivity contribution is -0.141. The minimum atomic E-state index is -0.699. The van der Waals surface area contributed by atoms with Crippen LogP contribution < -0.4 is 10.2 Å². The fourth-order valence-electron chi connectivity index (χ4n) is 2.96. The summed E-state index contributed by atoms with van der Waals surface area (Å²) in [5, 5.41) is 0.391. The van der Waals surface area contributed by atoms with Crippen molar-refractivity contribution in [3.8, 4) is 0 Å². The molecule has 0 saturated heterocycles. The molecule has 0 aliphatic rings. The lowest BCUT2D eigenvalue weighted by Crippen LogP contribution is -2.22. The zero-order valence-electron chi connectivity index (χ0n) is 15.7. The molecule has 7 nitrogen and oxygen atoms in total. The first-order valence-corrected chi connectivity index (χ1v) is 9.56. The van der Waals surface area contributed by atoms with E-state index in [1.165, 1.54) is 18.4 Å². The number of hydrogen-bond donors (Lipinski definition) is 0. The number of thiazole rings is 1. The highest BCUT2D eigenvalue weighted by atomic mass is 32.1. The van der Waals surface area contributed by atoms with Gasteiger partial charge in [0.25, 0.3) is 0 Å². The van der Waals surface area contributed by atoms with Gasteiger partial charge in [-0.2, -0.15) is 4.99 Å². The molecule has 4 rings (SSSR count). The number of ether oxygens (including phenoxy) is 1. The van der Waals surface area contributed by atoms with Crippen LogP contribution in [0.2, 0.25) is 0 Å². The van der Waals surface area contributed by atoms with E-state index in [4.69, 9.17) is 9.15 Å². The second-order valence-electron chi connectivity index (χ2n) is 6.41. The molecule has 0 spiro atoms. The molecule has 2 heterocycles. The molecule has 29 heavy (non-hydrogen) atoms. The molecular formula is C21H16N2O5S. The average Bonchev–Trinajstić information content (AvgIpc) is 3.03. The summed E-state index contributed by atoms with van der Waals surface area (Å²) in [6.45, 7) is 1.86. The van der Waals surface area contributed by atoms with Gasteiger partial charge in [-0.15, -0.1) is 0 Å². The summed E-state index contributed by atoms with van der Waals surface area (Å²) in [6, 6.07) is 13.6. The first-order chi connectivity index (χ1) is 14.0. The van der Waals surface area contributed by atoms with E-state index in [1.807, 2.05) is 25.1 Å². The smallest absolute Gasteiger partial charge is 0.325 e. The Morgan fingerprint density at radius 1 is 1.17 bits per heavy atom. The van der Waals surface area contributed by atoms with Gasteiger partial charge in [-0.05, 0) is 36.8 Å². The number of rotatable bonds is 3. The molecular weight excluding hydrogens is 392 g/mol. The standard InChI is InChI=1S/C21H16N2O5S/c1-12-7-8-14-18(9-12)29-21(23(14)11-19(25)27-2)22-20(26)17-10-15(24)13-5-3-4-6-16(13)28-17/h3-10H,11H2,1-2H3. The second kappa shape index (κ2) is 7.48. The van der Waals surface area contributed by atoms with Crippen LogP contribution in [0.3, 0.4) is 0 Å². The van der Waals surface area contributed by atoms with E-state index >= 15 is 0 Å². The van der Waals surface area contributed by atoms with E-state index in [1.54, 1.807) is 28.8 Å². The average molecular weight is 408 g/mol. The molecule has 2 aromatic heterocycles. The monoisotopic (exact) mass is 408 g/mol. The Hall–Kier alpha value is -3.52. The van der Waals surface area contributed by atoms with Crippen molar-refractivity contribution in [3.05, 3.63) is 74.9 Å². The first-order valence-electron chi connectivity index (χ1n) is 8.75. The van der Waals surface area contributed by atoms with Crippen molar-refractivity contribution in [2.24, 2.45) is 4.99 Å². The van der Waals surface area contributed by atoms with Crippen molar-refractivity contribution in [2.75, 3.05) is 7.11 Å². The number of nitrogens with zero attached hydrogens (tertiary/aromatic N) is 2. The summed E-state index contributed by atoms with van der Waals surface area (Å²) < 4.78 is 12.8. The second-order valence-corrected chi connectivity index (χ2v) is 7.42. The van der Waals surface area contributed by atoms with Crippen LogP contribution in [0.5, 0.6) is 0 Å². The van der Waals surface area contributed by atoms with Gasteiger partial charge in [-0.3, -0.25) is 14.4 Å². The molecule has 2 aromatic carbocycles. The molecule has 0 unspecified atom stereocenters. The molecule has 8 heteroatoms. The highest BCUT2D eigenvalue weighted by molar-refractivity contribution is 7.16. The van der Waals surface area contributed by atoms with Crippen molar-refractivity contribution in [3.63, 3.8) is 0 Å². The zero-order valence-corrected chi connectivity index (χ0v) is 16.5. The van der Waals surface area contributed by atoms with Crippen LogP contribution in [0.25, 0.3) is 21.2 Å². The normalized spacial score (nSPS) is 11.9. The van der Waals surface area contributed by atoms with Crippen LogP contribution in [0.4, 0.5) is 0 Å². The number of para-hydroxylation sites is 1. The molecule has 0 N–H and O–H groups in total. The van der Waals surface area contributed by atoms with Crippen molar-refractivity contribution >= 4 is 44.4 Å². The highest BCUT2D eigenvalue weighted by Crippen LogP contribution is 2.19. The number of aryl methyl sites for hydroxylation is 1. The van der Waals surface area contributed by atoms with E-state index < -0.39 is 11.9 Å². The fraction of sp³-hybridized carbons (Fsp3) is 0.143. The van der Waals surface area contributed by atoms with Crippen LogP contribution in [0.15, 0.2) is 62.7 Å². The van der Waals surface area contributed by atoms with Crippen LogP contribution in [0, 0.1) is 6.92 Å². The molecule has 0 atom stereocenters. The Balaban J connectivity index is 1.87. The summed E-state index contributed by atoms with van der Waals surface area (Å²) >= 11 is 1.27. The van der Waals surface area contributed by atoms with Gasteiger partial charge in [0.2, 0.25) is 0 Å². The number of benzene rings is 2. The Kier molecular flexibility index (Phi) is 4.85. The van der Waals surface area contributed by atoms with E-state index in [2.05, 4.69) is 4.99 Å². The lowest BCUT2D eigenvalue weighted by atomic mass is 10.2.